The maximum Gasteiger partial charge on any atom is 0.318 e. The molecule has 0 bridgehead atoms. The number of aromatic amines is 2. The van der Waals surface area contributed by atoms with Crippen LogP contribution in [0.3, 0.4) is 0 Å². The summed E-state index contributed by atoms with van der Waals surface area (Å²) in [5.41, 5.74) is 3.91. The van der Waals surface area contributed by atoms with E-state index in [4.69, 9.17) is 0 Å². The monoisotopic (exact) mass is 365 g/mol. The van der Waals surface area contributed by atoms with Crippen LogP contribution < -0.4 is 5.32 Å². The molecule has 2 aromatic heterocycles. The van der Waals surface area contributed by atoms with Crippen molar-refractivity contribution >= 4 is 16.9 Å². The third-order valence-electron chi connectivity index (χ3n) is 6.33. The molecule has 3 heterocycles. The number of aromatic nitrogens is 3. The molecular weight excluding hydrogens is 345 g/mol. The van der Waals surface area contributed by atoms with Gasteiger partial charge in [-0.1, -0.05) is 12.1 Å². The van der Waals surface area contributed by atoms with E-state index in [1.54, 1.807) is 6.07 Å². The summed E-state index contributed by atoms with van der Waals surface area (Å²) >= 11 is 0. The second-order valence-electron chi connectivity index (χ2n) is 8.01. The third-order valence-corrected chi connectivity index (χ3v) is 6.33. The number of H-pyrrole nitrogens is 2. The van der Waals surface area contributed by atoms with E-state index < -0.39 is 0 Å². The van der Waals surface area contributed by atoms with Gasteiger partial charge < -0.3 is 15.2 Å². The fourth-order valence-electron chi connectivity index (χ4n) is 4.66. The topological polar surface area (TPSA) is 76.8 Å². The van der Waals surface area contributed by atoms with Gasteiger partial charge in [0.2, 0.25) is 0 Å². The van der Waals surface area contributed by atoms with E-state index in [1.807, 2.05) is 17.0 Å². The third kappa shape index (κ3) is 2.05. The zero-order chi connectivity index (χ0) is 18.2. The Bertz CT molecular complexity index is 1080. The minimum atomic E-state index is -0.285. The summed E-state index contributed by atoms with van der Waals surface area (Å²) in [7, 11) is 0. The van der Waals surface area contributed by atoms with E-state index in [0.717, 1.165) is 60.1 Å². The van der Waals surface area contributed by atoms with Gasteiger partial charge >= 0.3 is 6.03 Å². The summed E-state index contributed by atoms with van der Waals surface area (Å²) in [6, 6.07) is 7.35. The molecular formula is C20H20FN5O. The molecule has 1 aromatic carbocycles. The molecule has 0 atom stereocenters. The van der Waals surface area contributed by atoms with Crippen molar-refractivity contribution in [1.82, 2.24) is 25.4 Å². The molecule has 2 aliphatic carbocycles. The van der Waals surface area contributed by atoms with Crippen molar-refractivity contribution in [3.8, 4) is 11.4 Å². The number of urea groups is 1. The number of fused-ring (bicyclic) bond motifs is 3. The number of nitrogens with one attached hydrogen (secondary N) is 3. The van der Waals surface area contributed by atoms with Gasteiger partial charge in [0.1, 0.15) is 11.5 Å². The fraction of sp³-hybridized carbons (Fsp3) is 0.400. The predicted octanol–water partition coefficient (Wildman–Crippen LogP) is 3.76. The zero-order valence-electron chi connectivity index (χ0n) is 14.8. The van der Waals surface area contributed by atoms with Crippen LogP contribution >= 0.6 is 0 Å². The highest BCUT2D eigenvalue weighted by Gasteiger charge is 2.54. The molecule has 3 N–H and O–H groups in total. The van der Waals surface area contributed by atoms with E-state index in [-0.39, 0.29) is 17.4 Å². The quantitative estimate of drug-likeness (QED) is 0.647. The average molecular weight is 365 g/mol. The number of hydrogen-bond acceptors (Lipinski definition) is 2. The van der Waals surface area contributed by atoms with Crippen LogP contribution in [0.4, 0.5) is 9.18 Å². The van der Waals surface area contributed by atoms with Gasteiger partial charge in [-0.05, 0) is 44.2 Å². The second kappa shape index (κ2) is 5.12. The Balaban J connectivity index is 1.44. The Kier molecular flexibility index (Phi) is 2.89. The molecule has 1 spiro atoms. The van der Waals surface area contributed by atoms with Crippen LogP contribution in [0.1, 0.15) is 43.4 Å². The van der Waals surface area contributed by atoms with Crippen LogP contribution in [-0.4, -0.2) is 32.2 Å². The number of hydrogen-bond donors (Lipinski definition) is 3. The van der Waals surface area contributed by atoms with Gasteiger partial charge in [-0.3, -0.25) is 5.10 Å². The molecule has 138 valence electrons. The average Bonchev–Trinajstić information content (AvgIpc) is 3.06. The Hall–Kier alpha value is -2.83. The van der Waals surface area contributed by atoms with E-state index in [1.165, 1.54) is 6.07 Å². The lowest BCUT2D eigenvalue weighted by Gasteiger charge is -2.46. The van der Waals surface area contributed by atoms with Gasteiger partial charge in [0.15, 0.2) is 0 Å². The highest BCUT2D eigenvalue weighted by atomic mass is 19.1. The van der Waals surface area contributed by atoms with Crippen molar-refractivity contribution in [3.05, 3.63) is 41.3 Å². The summed E-state index contributed by atoms with van der Waals surface area (Å²) in [5.74, 6) is -0.269. The molecule has 6 nitrogen and oxygen atoms in total. The van der Waals surface area contributed by atoms with Gasteiger partial charge in [-0.25, -0.2) is 9.18 Å². The highest BCUT2D eigenvalue weighted by Crippen LogP contribution is 2.54. The van der Waals surface area contributed by atoms with E-state index >= 15 is 0 Å². The minimum Gasteiger partial charge on any atom is -0.351 e. The lowest BCUT2D eigenvalue weighted by Crippen LogP contribution is -2.53. The van der Waals surface area contributed by atoms with Gasteiger partial charge in [-0.15, -0.1) is 0 Å². The summed E-state index contributed by atoms with van der Waals surface area (Å²) < 4.78 is 14.1. The first-order valence-corrected chi connectivity index (χ1v) is 9.59. The lowest BCUT2D eigenvalue weighted by atomic mass is 9.71. The van der Waals surface area contributed by atoms with Crippen LogP contribution in [-0.2, 0) is 12.1 Å². The van der Waals surface area contributed by atoms with Crippen molar-refractivity contribution in [1.29, 1.82) is 0 Å². The van der Waals surface area contributed by atoms with Gasteiger partial charge in [0.25, 0.3) is 0 Å². The van der Waals surface area contributed by atoms with Gasteiger partial charge in [0, 0.05) is 17.0 Å². The molecule has 0 radical (unpaired) electrons. The Morgan fingerprint density at radius 3 is 2.89 bits per heavy atom. The highest BCUT2D eigenvalue weighted by molar-refractivity contribution is 5.87. The molecule has 0 saturated heterocycles. The molecule has 0 unspecified atom stereocenters. The molecule has 2 amide bonds. The SMILES string of the molecule is O=C(NC1CC1)N1Cc2[nH]nc(-c3cc4cccc(F)c4[nH]3)c2C12CCC2. The number of carbonyl (C=O) groups is 1. The predicted molar refractivity (Wildman–Crippen MR) is 98.5 cm³/mol. The van der Waals surface area contributed by atoms with Crippen molar-refractivity contribution in [2.45, 2.75) is 50.2 Å². The maximum absolute atomic E-state index is 14.1. The Labute approximate surface area is 155 Å². The molecule has 7 heteroatoms. The van der Waals surface area contributed by atoms with Crippen molar-refractivity contribution in [2.75, 3.05) is 0 Å². The molecule has 3 aromatic rings. The Morgan fingerprint density at radius 2 is 2.19 bits per heavy atom. The fourth-order valence-corrected chi connectivity index (χ4v) is 4.66. The number of para-hydroxylation sites is 1. The largest absolute Gasteiger partial charge is 0.351 e. The van der Waals surface area contributed by atoms with Gasteiger partial charge in [-0.2, -0.15) is 5.10 Å². The van der Waals surface area contributed by atoms with Crippen molar-refractivity contribution in [3.63, 3.8) is 0 Å². The second-order valence-corrected chi connectivity index (χ2v) is 8.01. The molecule has 27 heavy (non-hydrogen) atoms. The normalized spacial score (nSPS) is 20.1. The molecule has 2 fully saturated rings. The van der Waals surface area contributed by atoms with Crippen LogP contribution in [0, 0.1) is 5.82 Å². The first-order chi connectivity index (χ1) is 13.2. The van der Waals surface area contributed by atoms with E-state index in [2.05, 4.69) is 20.5 Å². The van der Waals surface area contributed by atoms with Crippen LogP contribution in [0.5, 0.6) is 0 Å². The first-order valence-electron chi connectivity index (χ1n) is 9.59. The molecule has 2 saturated carbocycles. The summed E-state index contributed by atoms with van der Waals surface area (Å²) in [4.78, 5) is 18.0. The number of nitrogens with zero attached hydrogens (tertiary/aromatic N) is 2. The zero-order valence-corrected chi connectivity index (χ0v) is 14.8. The molecule has 1 aliphatic heterocycles. The smallest absolute Gasteiger partial charge is 0.318 e. The summed E-state index contributed by atoms with van der Waals surface area (Å²) in [6.45, 7) is 0.551. The van der Waals surface area contributed by atoms with E-state index in [0.29, 0.717) is 18.1 Å². The van der Waals surface area contributed by atoms with Crippen LogP contribution in [0.2, 0.25) is 0 Å². The summed E-state index contributed by atoms with van der Waals surface area (Å²) in [6.07, 6.45) is 5.13. The van der Waals surface area contributed by atoms with E-state index in [9.17, 15) is 9.18 Å². The lowest BCUT2D eigenvalue weighted by molar-refractivity contribution is 0.0556. The number of benzene rings is 1. The number of amides is 2. The van der Waals surface area contributed by atoms with Gasteiger partial charge in [0.05, 0.1) is 29.0 Å². The Morgan fingerprint density at radius 1 is 1.33 bits per heavy atom. The van der Waals surface area contributed by atoms with Crippen LogP contribution in [0.15, 0.2) is 24.3 Å². The standard InChI is InChI=1S/C20H20FN5O/c21-13-4-1-3-11-9-14(23-17(11)13)18-16-15(24-25-18)10-26(20(16)7-2-8-20)19(27)22-12-5-6-12/h1,3-4,9,12,23H,2,5-8,10H2,(H,22,27)(H,24,25). The minimum absolute atomic E-state index is 0.0236. The van der Waals surface area contributed by atoms with Crippen molar-refractivity contribution in [2.24, 2.45) is 0 Å². The van der Waals surface area contributed by atoms with Crippen molar-refractivity contribution < 1.29 is 9.18 Å². The number of rotatable bonds is 2. The molecule has 6 rings (SSSR count). The number of carbonyl (C=O) groups excluding carboxylic acids is 1. The molecule has 3 aliphatic rings. The maximum atomic E-state index is 14.1. The summed E-state index contributed by atoms with van der Waals surface area (Å²) in [5, 5.41) is 11.6. The number of halogens is 1. The first kappa shape index (κ1) is 15.2. The van der Waals surface area contributed by atoms with Crippen LogP contribution in [0.25, 0.3) is 22.3 Å².